The highest BCUT2D eigenvalue weighted by Gasteiger charge is 2.23. The number of anilines is 2. The molecular formula is C18H19FN2O3S. The number of hydrogen-bond donors (Lipinski definition) is 1. The third kappa shape index (κ3) is 4.17. The van der Waals surface area contributed by atoms with E-state index < -0.39 is 15.8 Å². The predicted molar refractivity (Wildman–Crippen MR) is 95.4 cm³/mol. The zero-order valence-corrected chi connectivity index (χ0v) is 14.6. The summed E-state index contributed by atoms with van der Waals surface area (Å²) < 4.78 is 40.4. The Hall–Kier alpha value is -2.41. The second-order valence-electron chi connectivity index (χ2n) is 6.14. The van der Waals surface area contributed by atoms with E-state index in [0.717, 1.165) is 12.0 Å². The van der Waals surface area contributed by atoms with Crippen molar-refractivity contribution in [3.05, 3.63) is 59.4 Å². The van der Waals surface area contributed by atoms with Crippen LogP contribution in [0.5, 0.6) is 0 Å². The van der Waals surface area contributed by atoms with Crippen LogP contribution in [0.25, 0.3) is 0 Å². The molecule has 0 saturated carbocycles. The minimum Gasteiger partial charge on any atom is -0.312 e. The summed E-state index contributed by atoms with van der Waals surface area (Å²) in [5.74, 6) is -0.753. The average Bonchev–Trinajstić information content (AvgIpc) is 2.94. The molecule has 0 bridgehead atoms. The van der Waals surface area contributed by atoms with Gasteiger partial charge >= 0.3 is 0 Å². The van der Waals surface area contributed by atoms with Gasteiger partial charge in [-0.15, -0.1) is 0 Å². The lowest BCUT2D eigenvalue weighted by Gasteiger charge is -2.19. The Morgan fingerprint density at radius 1 is 1.20 bits per heavy atom. The van der Waals surface area contributed by atoms with Crippen LogP contribution in [0.3, 0.4) is 0 Å². The Labute approximate surface area is 146 Å². The van der Waals surface area contributed by atoms with Crippen LogP contribution >= 0.6 is 0 Å². The van der Waals surface area contributed by atoms with Crippen molar-refractivity contribution in [3.63, 3.8) is 0 Å². The van der Waals surface area contributed by atoms with Gasteiger partial charge in [0.25, 0.3) is 0 Å². The molecule has 7 heteroatoms. The van der Waals surface area contributed by atoms with Crippen LogP contribution < -0.4 is 9.62 Å². The Balaban J connectivity index is 1.81. The van der Waals surface area contributed by atoms with Crippen LogP contribution in [0.15, 0.2) is 42.5 Å². The normalized spacial score (nSPS) is 14.8. The molecule has 1 N–H and O–H groups in total. The standard InChI is InChI=1S/C18H19FN2O3S/c1-13-7-8-16(11-17(13)21-9-3-6-18(21)22)20-25(23,24)12-14-4-2-5-15(19)10-14/h2,4-5,7-8,10-11,20H,3,6,9,12H2,1H3. The predicted octanol–water partition coefficient (Wildman–Crippen LogP) is 3.20. The molecule has 0 aliphatic carbocycles. The largest absolute Gasteiger partial charge is 0.312 e. The fourth-order valence-corrected chi connectivity index (χ4v) is 4.10. The molecule has 2 aromatic rings. The summed E-state index contributed by atoms with van der Waals surface area (Å²) in [6.07, 6.45) is 1.31. The maximum atomic E-state index is 13.2. The number of nitrogens with zero attached hydrogens (tertiary/aromatic N) is 1. The number of halogens is 1. The summed E-state index contributed by atoms with van der Waals surface area (Å²) in [4.78, 5) is 13.6. The molecule has 5 nitrogen and oxygen atoms in total. The lowest BCUT2D eigenvalue weighted by Crippen LogP contribution is -2.24. The smallest absolute Gasteiger partial charge is 0.236 e. The molecule has 1 aliphatic heterocycles. The number of amides is 1. The molecule has 0 atom stereocenters. The van der Waals surface area contributed by atoms with E-state index in [-0.39, 0.29) is 11.7 Å². The summed E-state index contributed by atoms with van der Waals surface area (Å²) in [7, 11) is -3.69. The summed E-state index contributed by atoms with van der Waals surface area (Å²) in [6, 6.07) is 10.6. The highest BCUT2D eigenvalue weighted by atomic mass is 32.2. The van der Waals surface area contributed by atoms with Crippen molar-refractivity contribution in [2.75, 3.05) is 16.2 Å². The highest BCUT2D eigenvalue weighted by molar-refractivity contribution is 7.91. The van der Waals surface area contributed by atoms with Gasteiger partial charge in [-0.1, -0.05) is 18.2 Å². The van der Waals surface area contributed by atoms with Crippen molar-refractivity contribution in [2.24, 2.45) is 0 Å². The molecular weight excluding hydrogens is 343 g/mol. The minimum absolute atomic E-state index is 0.0443. The first-order chi connectivity index (χ1) is 11.8. The first kappa shape index (κ1) is 17.4. The number of carbonyl (C=O) groups excluding carboxylic acids is 1. The Kier molecular flexibility index (Phi) is 4.76. The zero-order chi connectivity index (χ0) is 18.0. The van der Waals surface area contributed by atoms with Crippen LogP contribution in [0, 0.1) is 12.7 Å². The molecule has 0 aromatic heterocycles. The van der Waals surface area contributed by atoms with E-state index >= 15 is 0 Å². The summed E-state index contributed by atoms with van der Waals surface area (Å²) >= 11 is 0. The van der Waals surface area contributed by atoms with Crippen LogP contribution in [0.4, 0.5) is 15.8 Å². The van der Waals surface area contributed by atoms with Gasteiger partial charge in [0.15, 0.2) is 0 Å². The van der Waals surface area contributed by atoms with E-state index in [1.807, 2.05) is 6.92 Å². The van der Waals surface area contributed by atoms with Gasteiger partial charge in [-0.2, -0.15) is 0 Å². The third-order valence-electron chi connectivity index (χ3n) is 4.09. The quantitative estimate of drug-likeness (QED) is 0.888. The van der Waals surface area contributed by atoms with Crippen molar-refractivity contribution in [3.8, 4) is 0 Å². The van der Waals surface area contributed by atoms with E-state index in [0.29, 0.717) is 29.9 Å². The zero-order valence-electron chi connectivity index (χ0n) is 13.8. The lowest BCUT2D eigenvalue weighted by atomic mass is 10.1. The summed E-state index contributed by atoms with van der Waals surface area (Å²) in [5, 5.41) is 0. The molecule has 132 valence electrons. The number of rotatable bonds is 5. The van der Waals surface area contributed by atoms with Crippen LogP contribution in [-0.2, 0) is 20.6 Å². The topological polar surface area (TPSA) is 66.5 Å². The van der Waals surface area contributed by atoms with Gasteiger partial charge < -0.3 is 4.90 Å². The van der Waals surface area contributed by atoms with Crippen molar-refractivity contribution in [2.45, 2.75) is 25.5 Å². The van der Waals surface area contributed by atoms with Crippen LogP contribution in [0.1, 0.15) is 24.0 Å². The van der Waals surface area contributed by atoms with Crippen molar-refractivity contribution >= 4 is 27.3 Å². The van der Waals surface area contributed by atoms with Crippen LogP contribution in [-0.4, -0.2) is 20.9 Å². The van der Waals surface area contributed by atoms with Gasteiger partial charge in [0.1, 0.15) is 5.82 Å². The maximum Gasteiger partial charge on any atom is 0.236 e. The molecule has 1 amide bonds. The molecule has 2 aromatic carbocycles. The summed E-state index contributed by atoms with van der Waals surface area (Å²) in [6.45, 7) is 2.52. The minimum atomic E-state index is -3.69. The molecule has 0 spiro atoms. The molecule has 25 heavy (non-hydrogen) atoms. The number of aryl methyl sites for hydroxylation is 1. The van der Waals surface area contributed by atoms with Gasteiger partial charge in [-0.3, -0.25) is 9.52 Å². The Morgan fingerprint density at radius 3 is 2.68 bits per heavy atom. The first-order valence-electron chi connectivity index (χ1n) is 8.00. The fraction of sp³-hybridized carbons (Fsp3) is 0.278. The van der Waals surface area contributed by atoms with Gasteiger partial charge in [0, 0.05) is 18.7 Å². The summed E-state index contributed by atoms with van der Waals surface area (Å²) in [5.41, 5.74) is 2.38. The van der Waals surface area contributed by atoms with E-state index in [1.54, 1.807) is 29.2 Å². The maximum absolute atomic E-state index is 13.2. The Morgan fingerprint density at radius 2 is 2.00 bits per heavy atom. The van der Waals surface area contributed by atoms with Gasteiger partial charge in [0.2, 0.25) is 15.9 Å². The fourth-order valence-electron chi connectivity index (χ4n) is 2.93. The second-order valence-corrected chi connectivity index (χ2v) is 7.86. The van der Waals surface area contributed by atoms with Gasteiger partial charge in [-0.25, -0.2) is 12.8 Å². The average molecular weight is 362 g/mol. The van der Waals surface area contributed by atoms with Crippen molar-refractivity contribution < 1.29 is 17.6 Å². The van der Waals surface area contributed by atoms with E-state index in [1.165, 1.54) is 18.2 Å². The molecule has 0 radical (unpaired) electrons. The van der Waals surface area contributed by atoms with E-state index in [4.69, 9.17) is 0 Å². The second kappa shape index (κ2) is 6.84. The lowest BCUT2D eigenvalue weighted by molar-refractivity contribution is -0.117. The number of sulfonamides is 1. The number of benzene rings is 2. The van der Waals surface area contributed by atoms with E-state index in [2.05, 4.69) is 4.72 Å². The number of carbonyl (C=O) groups is 1. The van der Waals surface area contributed by atoms with Crippen molar-refractivity contribution in [1.82, 2.24) is 0 Å². The van der Waals surface area contributed by atoms with Crippen molar-refractivity contribution in [1.29, 1.82) is 0 Å². The van der Waals surface area contributed by atoms with Gasteiger partial charge in [0.05, 0.1) is 11.4 Å². The monoisotopic (exact) mass is 362 g/mol. The van der Waals surface area contributed by atoms with E-state index in [9.17, 15) is 17.6 Å². The number of hydrogen-bond acceptors (Lipinski definition) is 3. The highest BCUT2D eigenvalue weighted by Crippen LogP contribution is 2.28. The number of nitrogens with one attached hydrogen (secondary N) is 1. The SMILES string of the molecule is Cc1ccc(NS(=O)(=O)Cc2cccc(F)c2)cc1N1CCCC1=O. The van der Waals surface area contributed by atoms with Crippen LogP contribution in [0.2, 0.25) is 0 Å². The third-order valence-corrected chi connectivity index (χ3v) is 5.35. The molecule has 0 unspecified atom stereocenters. The first-order valence-corrected chi connectivity index (χ1v) is 9.65. The Bertz CT molecular complexity index is 912. The molecule has 1 saturated heterocycles. The van der Waals surface area contributed by atoms with Gasteiger partial charge in [-0.05, 0) is 48.7 Å². The molecule has 1 fully saturated rings. The molecule has 3 rings (SSSR count). The molecule has 1 heterocycles. The molecule has 1 aliphatic rings.